The van der Waals surface area contributed by atoms with Crippen LogP contribution in [0.4, 0.5) is 0 Å². The molecule has 0 spiro atoms. The van der Waals surface area contributed by atoms with Crippen LogP contribution in [-0.4, -0.2) is 25.2 Å². The van der Waals surface area contributed by atoms with Crippen LogP contribution in [0.1, 0.15) is 46.5 Å². The number of rotatable bonds is 5. The van der Waals surface area contributed by atoms with Crippen molar-refractivity contribution in [1.29, 1.82) is 0 Å². The van der Waals surface area contributed by atoms with Crippen molar-refractivity contribution < 1.29 is 9.53 Å². The maximum absolute atomic E-state index is 11.6. The van der Waals surface area contributed by atoms with E-state index in [9.17, 15) is 4.79 Å². The molecule has 3 heteroatoms. The van der Waals surface area contributed by atoms with Crippen LogP contribution in [0.25, 0.3) is 0 Å². The summed E-state index contributed by atoms with van der Waals surface area (Å²) in [7, 11) is 1.46. The molecule has 0 aliphatic heterocycles. The van der Waals surface area contributed by atoms with Crippen molar-refractivity contribution in [2.24, 2.45) is 11.8 Å². The molecule has 1 fully saturated rings. The van der Waals surface area contributed by atoms with E-state index < -0.39 is 0 Å². The Bertz CT molecular complexity index is 228. The molecule has 0 radical (unpaired) electrons. The molecule has 1 rings (SSSR count). The smallest absolute Gasteiger partial charge is 0.323 e. The number of nitrogens with one attached hydrogen (secondary N) is 1. The molecule has 0 aromatic heterocycles. The van der Waals surface area contributed by atoms with Crippen molar-refractivity contribution >= 4 is 5.97 Å². The molecule has 3 unspecified atom stereocenters. The summed E-state index contributed by atoms with van der Waals surface area (Å²) >= 11 is 0. The fourth-order valence-electron chi connectivity index (χ4n) is 2.51. The summed E-state index contributed by atoms with van der Waals surface area (Å²) in [6.07, 6.45) is 4.94. The molecule has 0 aromatic rings. The van der Waals surface area contributed by atoms with Crippen LogP contribution in [0.2, 0.25) is 0 Å². The van der Waals surface area contributed by atoms with Gasteiger partial charge in [-0.1, -0.05) is 27.2 Å². The highest BCUT2D eigenvalue weighted by atomic mass is 16.5. The predicted octanol–water partition coefficient (Wildman–Crippen LogP) is 2.35. The van der Waals surface area contributed by atoms with Gasteiger partial charge in [0.2, 0.25) is 0 Å². The summed E-state index contributed by atoms with van der Waals surface area (Å²) in [6.45, 7) is 6.36. The number of hydrogen-bond donors (Lipinski definition) is 1. The van der Waals surface area contributed by atoms with Gasteiger partial charge in [0.15, 0.2) is 0 Å². The SMILES string of the molecule is CCC1CCC(NC(C(=O)OC)C(C)C)C1. The van der Waals surface area contributed by atoms with Crippen LogP contribution in [0, 0.1) is 11.8 Å². The Morgan fingerprint density at radius 2 is 2.12 bits per heavy atom. The molecular formula is C13H25NO2. The highest BCUT2D eigenvalue weighted by Crippen LogP contribution is 2.28. The third kappa shape index (κ3) is 3.48. The van der Waals surface area contributed by atoms with Crippen molar-refractivity contribution in [3.05, 3.63) is 0 Å². The van der Waals surface area contributed by atoms with Gasteiger partial charge in [0.25, 0.3) is 0 Å². The number of carbonyl (C=O) groups excluding carboxylic acids is 1. The van der Waals surface area contributed by atoms with Crippen LogP contribution in [-0.2, 0) is 9.53 Å². The van der Waals surface area contributed by atoms with E-state index in [1.165, 1.54) is 32.8 Å². The first-order valence-corrected chi connectivity index (χ1v) is 6.42. The van der Waals surface area contributed by atoms with E-state index in [-0.39, 0.29) is 17.9 Å². The summed E-state index contributed by atoms with van der Waals surface area (Å²) in [6, 6.07) is 0.349. The topological polar surface area (TPSA) is 38.3 Å². The Balaban J connectivity index is 2.47. The van der Waals surface area contributed by atoms with Crippen LogP contribution < -0.4 is 5.32 Å². The third-order valence-electron chi connectivity index (χ3n) is 3.66. The summed E-state index contributed by atoms with van der Waals surface area (Å²) in [4.78, 5) is 11.6. The Hall–Kier alpha value is -0.570. The second kappa shape index (κ2) is 6.24. The molecule has 94 valence electrons. The zero-order valence-electron chi connectivity index (χ0n) is 11.0. The van der Waals surface area contributed by atoms with Gasteiger partial charge in [-0.25, -0.2) is 0 Å². The van der Waals surface area contributed by atoms with Crippen LogP contribution in [0.5, 0.6) is 0 Å². The van der Waals surface area contributed by atoms with Gasteiger partial charge in [0.1, 0.15) is 6.04 Å². The predicted molar refractivity (Wildman–Crippen MR) is 65.2 cm³/mol. The van der Waals surface area contributed by atoms with Gasteiger partial charge in [-0.3, -0.25) is 4.79 Å². The fraction of sp³-hybridized carbons (Fsp3) is 0.923. The summed E-state index contributed by atoms with van der Waals surface area (Å²) < 4.78 is 4.84. The standard InChI is InChI=1S/C13H25NO2/c1-5-10-6-7-11(8-10)14-12(9(2)3)13(15)16-4/h9-12,14H,5-8H2,1-4H3. The maximum atomic E-state index is 11.6. The van der Waals surface area contributed by atoms with E-state index in [2.05, 4.69) is 26.1 Å². The average molecular weight is 227 g/mol. The van der Waals surface area contributed by atoms with E-state index in [1.54, 1.807) is 0 Å². The molecule has 1 aliphatic rings. The molecule has 16 heavy (non-hydrogen) atoms. The van der Waals surface area contributed by atoms with Crippen molar-refractivity contribution in [1.82, 2.24) is 5.32 Å². The number of methoxy groups -OCH3 is 1. The monoisotopic (exact) mass is 227 g/mol. The van der Waals surface area contributed by atoms with Gasteiger partial charge in [-0.2, -0.15) is 0 Å². The third-order valence-corrected chi connectivity index (χ3v) is 3.66. The second-order valence-electron chi connectivity index (χ2n) is 5.20. The number of carbonyl (C=O) groups is 1. The van der Waals surface area contributed by atoms with E-state index >= 15 is 0 Å². The molecule has 0 saturated heterocycles. The van der Waals surface area contributed by atoms with Crippen LogP contribution in [0.3, 0.4) is 0 Å². The zero-order chi connectivity index (χ0) is 12.1. The largest absolute Gasteiger partial charge is 0.468 e. The molecule has 1 N–H and O–H groups in total. The van der Waals surface area contributed by atoms with Gasteiger partial charge in [-0.05, 0) is 31.1 Å². The quantitative estimate of drug-likeness (QED) is 0.733. The highest BCUT2D eigenvalue weighted by molar-refractivity contribution is 5.75. The Kier molecular flexibility index (Phi) is 5.26. The zero-order valence-corrected chi connectivity index (χ0v) is 11.0. The van der Waals surface area contributed by atoms with Crippen molar-refractivity contribution in [2.45, 2.75) is 58.5 Å². The lowest BCUT2D eigenvalue weighted by Gasteiger charge is -2.24. The van der Waals surface area contributed by atoms with Gasteiger partial charge in [-0.15, -0.1) is 0 Å². The lowest BCUT2D eigenvalue weighted by Crippen LogP contribution is -2.46. The molecule has 0 amide bonds. The van der Waals surface area contributed by atoms with Crippen molar-refractivity contribution in [3.63, 3.8) is 0 Å². The first-order chi connectivity index (χ1) is 7.58. The molecule has 3 atom stereocenters. The molecule has 1 saturated carbocycles. The van der Waals surface area contributed by atoms with Gasteiger partial charge in [0.05, 0.1) is 7.11 Å². The highest BCUT2D eigenvalue weighted by Gasteiger charge is 2.30. The maximum Gasteiger partial charge on any atom is 0.323 e. The number of ether oxygens (including phenoxy) is 1. The first kappa shape index (κ1) is 13.5. The summed E-state index contributed by atoms with van der Waals surface area (Å²) in [5.41, 5.74) is 0. The molecule has 0 aromatic carbocycles. The average Bonchev–Trinajstić information content (AvgIpc) is 2.72. The molecule has 1 aliphatic carbocycles. The minimum absolute atomic E-state index is 0.130. The summed E-state index contributed by atoms with van der Waals surface area (Å²) in [5, 5.41) is 3.46. The lowest BCUT2D eigenvalue weighted by molar-refractivity contribution is -0.144. The Morgan fingerprint density at radius 1 is 1.44 bits per heavy atom. The van der Waals surface area contributed by atoms with Crippen molar-refractivity contribution in [2.75, 3.05) is 7.11 Å². The van der Waals surface area contributed by atoms with E-state index in [0.29, 0.717) is 6.04 Å². The Labute approximate surface area is 98.9 Å². The van der Waals surface area contributed by atoms with Gasteiger partial charge in [0, 0.05) is 6.04 Å². The molecule has 0 heterocycles. The summed E-state index contributed by atoms with van der Waals surface area (Å²) in [5.74, 6) is 0.992. The molecule has 3 nitrogen and oxygen atoms in total. The number of hydrogen-bond acceptors (Lipinski definition) is 3. The molecular weight excluding hydrogens is 202 g/mol. The normalized spacial score (nSPS) is 27.1. The minimum atomic E-state index is -0.148. The van der Waals surface area contributed by atoms with E-state index in [0.717, 1.165) is 5.92 Å². The Morgan fingerprint density at radius 3 is 2.56 bits per heavy atom. The van der Waals surface area contributed by atoms with Crippen LogP contribution in [0.15, 0.2) is 0 Å². The first-order valence-electron chi connectivity index (χ1n) is 6.42. The van der Waals surface area contributed by atoms with E-state index in [1.807, 2.05) is 0 Å². The molecule has 0 bridgehead atoms. The number of esters is 1. The van der Waals surface area contributed by atoms with E-state index in [4.69, 9.17) is 4.74 Å². The fourth-order valence-corrected chi connectivity index (χ4v) is 2.51. The van der Waals surface area contributed by atoms with Crippen LogP contribution >= 0.6 is 0 Å². The minimum Gasteiger partial charge on any atom is -0.468 e. The second-order valence-corrected chi connectivity index (χ2v) is 5.20. The van der Waals surface area contributed by atoms with Gasteiger partial charge >= 0.3 is 5.97 Å². The lowest BCUT2D eigenvalue weighted by atomic mass is 10.0. The van der Waals surface area contributed by atoms with Crippen molar-refractivity contribution in [3.8, 4) is 0 Å². The van der Waals surface area contributed by atoms with Gasteiger partial charge < -0.3 is 10.1 Å².